The Kier molecular flexibility index (Phi) is 5.88. The number of aryl methyl sites for hydroxylation is 1. The fourth-order valence-electron chi connectivity index (χ4n) is 2.49. The van der Waals surface area contributed by atoms with E-state index in [1.165, 1.54) is 5.56 Å². The van der Waals surface area contributed by atoms with Crippen LogP contribution in [0.3, 0.4) is 0 Å². The van der Waals surface area contributed by atoms with Crippen molar-refractivity contribution in [3.05, 3.63) is 84.4 Å². The lowest BCUT2D eigenvalue weighted by atomic mass is 10.2. The van der Waals surface area contributed by atoms with E-state index in [4.69, 9.17) is 4.74 Å². The first-order valence-electron chi connectivity index (χ1n) is 8.63. The summed E-state index contributed by atoms with van der Waals surface area (Å²) >= 11 is 0. The molecule has 2 N–H and O–H groups in total. The van der Waals surface area contributed by atoms with Crippen molar-refractivity contribution in [2.45, 2.75) is 13.3 Å². The molecular formula is C22H22N2O2. The molecular weight excluding hydrogens is 324 g/mol. The second-order valence-corrected chi connectivity index (χ2v) is 6.00. The van der Waals surface area contributed by atoms with Gasteiger partial charge in [-0.25, -0.2) is 0 Å². The Hall–Kier alpha value is -3.27. The first-order chi connectivity index (χ1) is 12.7. The Morgan fingerprint density at radius 1 is 0.885 bits per heavy atom. The van der Waals surface area contributed by atoms with Crippen LogP contribution in [0.4, 0.5) is 11.4 Å². The van der Waals surface area contributed by atoms with E-state index in [1.54, 1.807) is 0 Å². The van der Waals surface area contributed by atoms with E-state index in [2.05, 4.69) is 10.6 Å². The molecule has 0 aromatic heterocycles. The highest BCUT2D eigenvalue weighted by Gasteiger charge is 2.06. The van der Waals surface area contributed by atoms with E-state index in [1.807, 2.05) is 85.8 Å². The van der Waals surface area contributed by atoms with Crippen molar-refractivity contribution in [1.82, 2.24) is 0 Å². The minimum Gasteiger partial charge on any atom is -0.455 e. The van der Waals surface area contributed by atoms with Gasteiger partial charge < -0.3 is 15.4 Å². The number of rotatable bonds is 7. The quantitative estimate of drug-likeness (QED) is 0.616. The van der Waals surface area contributed by atoms with Gasteiger partial charge in [0.2, 0.25) is 5.91 Å². The molecule has 0 heterocycles. The molecule has 0 aliphatic rings. The Bertz CT molecular complexity index is 846. The van der Waals surface area contributed by atoms with Crippen LogP contribution >= 0.6 is 0 Å². The topological polar surface area (TPSA) is 50.4 Å². The maximum atomic E-state index is 12.1. The van der Waals surface area contributed by atoms with Crippen LogP contribution in [-0.4, -0.2) is 12.5 Å². The van der Waals surface area contributed by atoms with Gasteiger partial charge in [-0.2, -0.15) is 0 Å². The summed E-state index contributed by atoms with van der Waals surface area (Å²) in [6.07, 6.45) is 0.369. The molecule has 3 rings (SSSR count). The predicted molar refractivity (Wildman–Crippen MR) is 106 cm³/mol. The van der Waals surface area contributed by atoms with E-state index in [-0.39, 0.29) is 5.91 Å². The van der Waals surface area contributed by atoms with Crippen LogP contribution in [0.1, 0.15) is 12.0 Å². The van der Waals surface area contributed by atoms with Crippen molar-refractivity contribution in [3.8, 4) is 11.5 Å². The van der Waals surface area contributed by atoms with Gasteiger partial charge in [-0.15, -0.1) is 0 Å². The number of carbonyl (C=O) groups excluding carboxylic acids is 1. The second kappa shape index (κ2) is 8.72. The molecule has 0 saturated carbocycles. The van der Waals surface area contributed by atoms with E-state index in [0.29, 0.717) is 13.0 Å². The summed E-state index contributed by atoms with van der Waals surface area (Å²) < 4.78 is 5.91. The van der Waals surface area contributed by atoms with Crippen LogP contribution in [0.2, 0.25) is 0 Å². The molecule has 3 aromatic carbocycles. The molecule has 0 aliphatic heterocycles. The number of carbonyl (C=O) groups is 1. The normalized spacial score (nSPS) is 10.2. The number of hydrogen-bond donors (Lipinski definition) is 2. The van der Waals surface area contributed by atoms with Gasteiger partial charge >= 0.3 is 0 Å². The molecule has 0 atom stereocenters. The van der Waals surface area contributed by atoms with Gasteiger partial charge in [0, 0.05) is 18.7 Å². The fourth-order valence-corrected chi connectivity index (χ4v) is 2.49. The number of anilines is 2. The lowest BCUT2D eigenvalue weighted by molar-refractivity contribution is -0.115. The number of benzene rings is 3. The Balaban J connectivity index is 1.53. The van der Waals surface area contributed by atoms with Crippen molar-refractivity contribution in [1.29, 1.82) is 0 Å². The van der Waals surface area contributed by atoms with Crippen molar-refractivity contribution in [2.24, 2.45) is 0 Å². The Morgan fingerprint density at radius 2 is 1.58 bits per heavy atom. The van der Waals surface area contributed by atoms with Crippen molar-refractivity contribution in [3.63, 3.8) is 0 Å². The maximum Gasteiger partial charge on any atom is 0.226 e. The van der Waals surface area contributed by atoms with Gasteiger partial charge in [0.15, 0.2) is 5.75 Å². The second-order valence-electron chi connectivity index (χ2n) is 6.00. The third kappa shape index (κ3) is 5.11. The van der Waals surface area contributed by atoms with Crippen LogP contribution in [0.5, 0.6) is 11.5 Å². The maximum absolute atomic E-state index is 12.1. The molecule has 0 fully saturated rings. The number of ether oxygens (including phenoxy) is 1. The number of nitrogens with one attached hydrogen (secondary N) is 2. The molecule has 132 valence electrons. The largest absolute Gasteiger partial charge is 0.455 e. The van der Waals surface area contributed by atoms with Crippen LogP contribution in [0, 0.1) is 6.92 Å². The Labute approximate surface area is 153 Å². The molecule has 0 bridgehead atoms. The van der Waals surface area contributed by atoms with Crippen LogP contribution in [0.15, 0.2) is 78.9 Å². The van der Waals surface area contributed by atoms with Crippen molar-refractivity contribution < 1.29 is 9.53 Å². The minimum atomic E-state index is -0.0252. The summed E-state index contributed by atoms with van der Waals surface area (Å²) in [5.74, 6) is 1.49. The number of hydrogen-bond acceptors (Lipinski definition) is 3. The van der Waals surface area contributed by atoms with Gasteiger partial charge in [-0.3, -0.25) is 4.79 Å². The summed E-state index contributed by atoms with van der Waals surface area (Å²) in [7, 11) is 0. The fraction of sp³-hybridized carbons (Fsp3) is 0.136. The minimum absolute atomic E-state index is 0.0252. The molecule has 0 unspecified atom stereocenters. The van der Waals surface area contributed by atoms with Crippen LogP contribution < -0.4 is 15.4 Å². The molecule has 0 spiro atoms. The first-order valence-corrected chi connectivity index (χ1v) is 8.63. The van der Waals surface area contributed by atoms with E-state index < -0.39 is 0 Å². The lowest BCUT2D eigenvalue weighted by Crippen LogP contribution is -2.16. The molecule has 0 radical (unpaired) electrons. The molecule has 4 nitrogen and oxygen atoms in total. The van der Waals surface area contributed by atoms with Gasteiger partial charge in [-0.1, -0.05) is 48.0 Å². The predicted octanol–water partition coefficient (Wildman–Crippen LogP) is 5.23. The summed E-state index contributed by atoms with van der Waals surface area (Å²) in [5.41, 5.74) is 2.84. The molecule has 26 heavy (non-hydrogen) atoms. The summed E-state index contributed by atoms with van der Waals surface area (Å²) in [4.78, 5) is 12.1. The first kappa shape index (κ1) is 17.5. The molecule has 4 heteroatoms. The zero-order valence-electron chi connectivity index (χ0n) is 14.7. The smallest absolute Gasteiger partial charge is 0.226 e. The average molecular weight is 346 g/mol. The van der Waals surface area contributed by atoms with Crippen molar-refractivity contribution in [2.75, 3.05) is 17.2 Å². The van der Waals surface area contributed by atoms with Crippen molar-refractivity contribution >= 4 is 17.3 Å². The Morgan fingerprint density at radius 3 is 2.35 bits per heavy atom. The summed E-state index contributed by atoms with van der Waals surface area (Å²) in [6.45, 7) is 2.54. The highest BCUT2D eigenvalue weighted by Crippen LogP contribution is 2.28. The zero-order valence-corrected chi connectivity index (χ0v) is 14.7. The monoisotopic (exact) mass is 346 g/mol. The highest BCUT2D eigenvalue weighted by atomic mass is 16.5. The molecule has 1 amide bonds. The summed E-state index contributed by atoms with van der Waals surface area (Å²) in [6, 6.07) is 25.1. The van der Waals surface area contributed by atoms with Crippen LogP contribution in [-0.2, 0) is 4.79 Å². The number of amides is 1. The molecule has 0 aliphatic carbocycles. The van der Waals surface area contributed by atoms with E-state index in [9.17, 15) is 4.79 Å². The molecule has 3 aromatic rings. The third-order valence-electron chi connectivity index (χ3n) is 3.86. The van der Waals surface area contributed by atoms with E-state index >= 15 is 0 Å². The van der Waals surface area contributed by atoms with Gasteiger partial charge in [0.25, 0.3) is 0 Å². The highest BCUT2D eigenvalue weighted by molar-refractivity contribution is 5.91. The van der Waals surface area contributed by atoms with E-state index in [0.717, 1.165) is 22.9 Å². The average Bonchev–Trinajstić information content (AvgIpc) is 2.66. The standard InChI is InChI=1S/C22H22N2O2/c1-17-11-13-18(14-12-17)24-22(25)15-16-23-20-9-5-6-10-21(20)26-19-7-3-2-4-8-19/h2-14,23H,15-16H2,1H3,(H,24,25). The zero-order chi connectivity index (χ0) is 18.2. The van der Waals surface area contributed by atoms with Gasteiger partial charge in [-0.05, 0) is 43.3 Å². The van der Waals surface area contributed by atoms with Gasteiger partial charge in [0.05, 0.1) is 5.69 Å². The van der Waals surface area contributed by atoms with Crippen LogP contribution in [0.25, 0.3) is 0 Å². The number of para-hydroxylation sites is 3. The SMILES string of the molecule is Cc1ccc(NC(=O)CCNc2ccccc2Oc2ccccc2)cc1. The lowest BCUT2D eigenvalue weighted by Gasteiger charge is -2.13. The summed E-state index contributed by atoms with van der Waals surface area (Å²) in [5, 5.41) is 6.17. The third-order valence-corrected chi connectivity index (χ3v) is 3.86. The van der Waals surface area contributed by atoms with Gasteiger partial charge in [0.1, 0.15) is 5.75 Å². The molecule has 0 saturated heterocycles.